The summed E-state index contributed by atoms with van der Waals surface area (Å²) in [4.78, 5) is 12.1. The van der Waals surface area contributed by atoms with E-state index in [2.05, 4.69) is 10.0 Å². The molecule has 2 aromatic rings. The molecule has 0 aliphatic heterocycles. The Hall–Kier alpha value is -2.25. The molecular weight excluding hydrogens is 355 g/mol. The molecule has 0 bridgehead atoms. The molecule has 5 nitrogen and oxygen atoms in total. The number of rotatable bonds is 5. The van der Waals surface area contributed by atoms with Crippen molar-refractivity contribution < 1.29 is 17.6 Å². The molecule has 136 valence electrons. The van der Waals surface area contributed by atoms with E-state index in [-0.39, 0.29) is 17.6 Å². The van der Waals surface area contributed by atoms with Crippen molar-refractivity contribution in [1.29, 1.82) is 0 Å². The number of benzene rings is 2. The summed E-state index contributed by atoms with van der Waals surface area (Å²) in [5, 5.41) is 2.93. The topological polar surface area (TPSA) is 75.3 Å². The standard InChI is InChI=1S/C19H19FN2O3S/c20-16-9-5-13(11-18(16)26(24,25)22-14-7-8-14)19(23)21-17-10-6-12-3-1-2-4-15(12)17/h1-5,9,11,14,17,22H,6-8,10H2,(H,21,23). The number of carbonyl (C=O) groups is 1. The minimum atomic E-state index is -3.96. The maximum atomic E-state index is 14.1. The second kappa shape index (κ2) is 6.48. The number of sulfonamides is 1. The molecular formula is C19H19FN2O3S. The number of carbonyl (C=O) groups excluding carboxylic acids is 1. The van der Waals surface area contributed by atoms with Crippen molar-refractivity contribution in [3.05, 3.63) is 65.0 Å². The molecule has 2 aromatic carbocycles. The highest BCUT2D eigenvalue weighted by molar-refractivity contribution is 7.89. The minimum absolute atomic E-state index is 0.117. The molecule has 2 aliphatic carbocycles. The first-order chi connectivity index (χ1) is 12.4. The van der Waals surface area contributed by atoms with E-state index in [4.69, 9.17) is 0 Å². The number of hydrogen-bond acceptors (Lipinski definition) is 3. The van der Waals surface area contributed by atoms with Crippen molar-refractivity contribution in [2.45, 2.75) is 42.7 Å². The first-order valence-corrected chi connectivity index (χ1v) is 10.1. The van der Waals surface area contributed by atoms with Crippen LogP contribution in [0.5, 0.6) is 0 Å². The van der Waals surface area contributed by atoms with Crippen LogP contribution in [0.15, 0.2) is 47.4 Å². The number of amides is 1. The van der Waals surface area contributed by atoms with Gasteiger partial charge in [-0.15, -0.1) is 0 Å². The molecule has 7 heteroatoms. The van der Waals surface area contributed by atoms with E-state index in [0.717, 1.165) is 43.4 Å². The van der Waals surface area contributed by atoms with Crippen molar-refractivity contribution in [2.75, 3.05) is 0 Å². The zero-order valence-electron chi connectivity index (χ0n) is 14.0. The van der Waals surface area contributed by atoms with Gasteiger partial charge < -0.3 is 5.32 Å². The zero-order chi connectivity index (χ0) is 18.3. The minimum Gasteiger partial charge on any atom is -0.345 e. The fourth-order valence-electron chi connectivity index (χ4n) is 3.28. The number of hydrogen-bond donors (Lipinski definition) is 2. The summed E-state index contributed by atoms with van der Waals surface area (Å²) >= 11 is 0. The fraction of sp³-hybridized carbons (Fsp3) is 0.316. The van der Waals surface area contributed by atoms with Crippen LogP contribution in [0.3, 0.4) is 0 Å². The molecule has 1 saturated carbocycles. The summed E-state index contributed by atoms with van der Waals surface area (Å²) < 4.78 is 41.1. The highest BCUT2D eigenvalue weighted by Crippen LogP contribution is 2.31. The van der Waals surface area contributed by atoms with E-state index in [0.29, 0.717) is 0 Å². The molecule has 2 N–H and O–H groups in total. The predicted molar refractivity (Wildman–Crippen MR) is 94.7 cm³/mol. The van der Waals surface area contributed by atoms with E-state index in [1.807, 2.05) is 24.3 Å². The summed E-state index contributed by atoms with van der Waals surface area (Å²) in [6.45, 7) is 0. The van der Waals surface area contributed by atoms with Gasteiger partial charge in [0.1, 0.15) is 10.7 Å². The summed E-state index contributed by atoms with van der Waals surface area (Å²) in [7, 11) is -3.96. The van der Waals surface area contributed by atoms with Gasteiger partial charge in [0.25, 0.3) is 5.91 Å². The molecule has 1 fully saturated rings. The van der Waals surface area contributed by atoms with Crippen molar-refractivity contribution >= 4 is 15.9 Å². The van der Waals surface area contributed by atoms with Crippen LogP contribution in [0.4, 0.5) is 4.39 Å². The third-order valence-electron chi connectivity index (χ3n) is 4.82. The van der Waals surface area contributed by atoms with Crippen molar-refractivity contribution in [1.82, 2.24) is 10.0 Å². The van der Waals surface area contributed by atoms with Crippen LogP contribution in [0, 0.1) is 5.82 Å². The molecule has 1 atom stereocenters. The molecule has 0 aromatic heterocycles. The van der Waals surface area contributed by atoms with Gasteiger partial charge in [0.05, 0.1) is 6.04 Å². The second-order valence-corrected chi connectivity index (χ2v) is 8.49. The van der Waals surface area contributed by atoms with Gasteiger partial charge in [0.15, 0.2) is 0 Å². The Morgan fingerprint density at radius 2 is 1.85 bits per heavy atom. The SMILES string of the molecule is O=C(NC1CCc2ccccc21)c1ccc(F)c(S(=O)(=O)NC2CC2)c1. The Kier molecular flexibility index (Phi) is 4.28. The lowest BCUT2D eigenvalue weighted by Gasteiger charge is -2.15. The van der Waals surface area contributed by atoms with Crippen molar-refractivity contribution in [2.24, 2.45) is 0 Å². The Morgan fingerprint density at radius 1 is 1.08 bits per heavy atom. The predicted octanol–water partition coefficient (Wildman–Crippen LogP) is 2.68. The molecule has 0 heterocycles. The van der Waals surface area contributed by atoms with E-state index >= 15 is 0 Å². The van der Waals surface area contributed by atoms with Gasteiger partial charge in [-0.1, -0.05) is 24.3 Å². The van der Waals surface area contributed by atoms with Crippen LogP contribution >= 0.6 is 0 Å². The summed E-state index contributed by atoms with van der Waals surface area (Å²) in [6.07, 6.45) is 3.18. The molecule has 4 rings (SSSR count). The van der Waals surface area contributed by atoms with Crippen LogP contribution in [0.25, 0.3) is 0 Å². The third kappa shape index (κ3) is 3.37. The Balaban J connectivity index is 1.56. The normalized spacial score (nSPS) is 19.2. The Labute approximate surface area is 151 Å². The van der Waals surface area contributed by atoms with Crippen LogP contribution in [-0.4, -0.2) is 20.4 Å². The highest BCUT2D eigenvalue weighted by Gasteiger charge is 2.30. The van der Waals surface area contributed by atoms with Crippen LogP contribution in [0.2, 0.25) is 0 Å². The highest BCUT2D eigenvalue weighted by atomic mass is 32.2. The number of fused-ring (bicyclic) bond motifs is 1. The molecule has 0 spiro atoms. The summed E-state index contributed by atoms with van der Waals surface area (Å²) in [5.41, 5.74) is 2.41. The van der Waals surface area contributed by atoms with E-state index in [1.165, 1.54) is 11.6 Å². The molecule has 0 saturated heterocycles. The summed E-state index contributed by atoms with van der Waals surface area (Å²) in [5.74, 6) is -1.27. The van der Waals surface area contributed by atoms with Gasteiger partial charge in [-0.2, -0.15) is 0 Å². The molecule has 1 amide bonds. The maximum Gasteiger partial charge on any atom is 0.251 e. The van der Waals surface area contributed by atoms with E-state index in [9.17, 15) is 17.6 Å². The van der Waals surface area contributed by atoms with Crippen molar-refractivity contribution in [3.63, 3.8) is 0 Å². The van der Waals surface area contributed by atoms with Crippen LogP contribution in [0.1, 0.15) is 46.8 Å². The zero-order valence-corrected chi connectivity index (χ0v) is 14.9. The smallest absolute Gasteiger partial charge is 0.251 e. The van der Waals surface area contributed by atoms with Gasteiger partial charge in [-0.3, -0.25) is 4.79 Å². The number of nitrogens with one attached hydrogen (secondary N) is 2. The molecule has 2 aliphatic rings. The van der Waals surface area contributed by atoms with Crippen molar-refractivity contribution in [3.8, 4) is 0 Å². The van der Waals surface area contributed by atoms with Crippen LogP contribution in [-0.2, 0) is 16.4 Å². The first-order valence-electron chi connectivity index (χ1n) is 8.64. The number of halogens is 1. The lowest BCUT2D eigenvalue weighted by Crippen LogP contribution is -2.29. The number of aryl methyl sites for hydroxylation is 1. The first kappa shape index (κ1) is 17.2. The van der Waals surface area contributed by atoms with Gasteiger partial charge in [0, 0.05) is 11.6 Å². The van der Waals surface area contributed by atoms with E-state index < -0.39 is 26.6 Å². The van der Waals surface area contributed by atoms with E-state index in [1.54, 1.807) is 0 Å². The van der Waals surface area contributed by atoms with Gasteiger partial charge in [-0.25, -0.2) is 17.5 Å². The maximum absolute atomic E-state index is 14.1. The molecule has 1 unspecified atom stereocenters. The quantitative estimate of drug-likeness (QED) is 0.845. The Morgan fingerprint density at radius 3 is 2.62 bits per heavy atom. The average Bonchev–Trinajstić information content (AvgIpc) is 3.33. The lowest BCUT2D eigenvalue weighted by molar-refractivity contribution is 0.0936. The Bertz CT molecular complexity index is 970. The van der Waals surface area contributed by atoms with Gasteiger partial charge >= 0.3 is 0 Å². The molecule has 0 radical (unpaired) electrons. The second-order valence-electron chi connectivity index (χ2n) is 6.80. The third-order valence-corrected chi connectivity index (χ3v) is 6.36. The van der Waals surface area contributed by atoms with Crippen LogP contribution < -0.4 is 10.0 Å². The average molecular weight is 374 g/mol. The largest absolute Gasteiger partial charge is 0.345 e. The summed E-state index contributed by atoms with van der Waals surface area (Å²) in [6, 6.07) is 11.1. The monoisotopic (exact) mass is 374 g/mol. The van der Waals surface area contributed by atoms with Gasteiger partial charge in [0.2, 0.25) is 10.0 Å². The van der Waals surface area contributed by atoms with Gasteiger partial charge in [-0.05, 0) is 55.0 Å². The molecule has 26 heavy (non-hydrogen) atoms. The fourth-order valence-corrected chi connectivity index (χ4v) is 4.69. The lowest BCUT2D eigenvalue weighted by atomic mass is 10.1.